The summed E-state index contributed by atoms with van der Waals surface area (Å²) >= 11 is 0.949. The molecule has 1 rings (SSSR count). The standard InChI is InChI=1S/C14H13F3N2O2S/c1-3-21-13(20)9(8-18)12(22-2)19-11-7-5-4-6-10(11)14(15,16)17/h4-7,19H,3H2,1-2H3/b12-9+. The van der Waals surface area contributed by atoms with Crippen LogP contribution in [-0.4, -0.2) is 18.8 Å². The zero-order chi connectivity index (χ0) is 16.8. The zero-order valence-corrected chi connectivity index (χ0v) is 12.6. The summed E-state index contributed by atoms with van der Waals surface area (Å²) in [5, 5.41) is 11.5. The molecule has 1 N–H and O–H groups in total. The zero-order valence-electron chi connectivity index (χ0n) is 11.8. The second-order valence-corrected chi connectivity index (χ2v) is 4.73. The van der Waals surface area contributed by atoms with E-state index in [-0.39, 0.29) is 22.9 Å². The molecule has 0 bridgehead atoms. The maximum Gasteiger partial charge on any atom is 0.418 e. The lowest BCUT2D eigenvalue weighted by Gasteiger charge is -2.16. The summed E-state index contributed by atoms with van der Waals surface area (Å²) in [4.78, 5) is 11.7. The highest BCUT2D eigenvalue weighted by atomic mass is 32.2. The molecule has 0 aliphatic heterocycles. The van der Waals surface area contributed by atoms with Crippen molar-refractivity contribution in [2.24, 2.45) is 0 Å². The predicted octanol–water partition coefficient (Wildman–Crippen LogP) is 3.78. The third-order valence-corrected chi connectivity index (χ3v) is 3.22. The van der Waals surface area contributed by atoms with Gasteiger partial charge in [-0.2, -0.15) is 18.4 Å². The highest BCUT2D eigenvalue weighted by Crippen LogP contribution is 2.36. The molecule has 0 heterocycles. The van der Waals surface area contributed by atoms with Crippen LogP contribution in [0, 0.1) is 11.3 Å². The van der Waals surface area contributed by atoms with Crippen molar-refractivity contribution in [2.75, 3.05) is 18.2 Å². The first-order chi connectivity index (χ1) is 10.3. The molecule has 0 aliphatic rings. The number of esters is 1. The Kier molecular flexibility index (Phi) is 6.31. The minimum Gasteiger partial charge on any atom is -0.462 e. The Morgan fingerprint density at radius 2 is 2.05 bits per heavy atom. The summed E-state index contributed by atoms with van der Waals surface area (Å²) < 4.78 is 43.6. The van der Waals surface area contributed by atoms with E-state index < -0.39 is 17.7 Å². The van der Waals surface area contributed by atoms with E-state index in [4.69, 9.17) is 10.00 Å². The first-order valence-corrected chi connectivity index (χ1v) is 7.36. The Morgan fingerprint density at radius 3 is 2.55 bits per heavy atom. The molecule has 0 fully saturated rings. The lowest BCUT2D eigenvalue weighted by Crippen LogP contribution is -2.14. The van der Waals surface area contributed by atoms with Gasteiger partial charge in [0, 0.05) is 0 Å². The van der Waals surface area contributed by atoms with Gasteiger partial charge in [-0.3, -0.25) is 0 Å². The number of hydrogen-bond donors (Lipinski definition) is 1. The summed E-state index contributed by atoms with van der Waals surface area (Å²) in [7, 11) is 0. The van der Waals surface area contributed by atoms with E-state index in [0.717, 1.165) is 17.8 Å². The molecule has 1 aromatic rings. The number of nitrogens with one attached hydrogen (secondary N) is 1. The summed E-state index contributed by atoms with van der Waals surface area (Å²) in [5.41, 5.74) is -1.49. The Bertz CT molecular complexity index is 621. The molecule has 22 heavy (non-hydrogen) atoms. The number of para-hydroxylation sites is 1. The van der Waals surface area contributed by atoms with Gasteiger partial charge >= 0.3 is 12.1 Å². The lowest BCUT2D eigenvalue weighted by molar-refractivity contribution is -0.138. The first-order valence-electron chi connectivity index (χ1n) is 6.13. The van der Waals surface area contributed by atoms with Crippen LogP contribution in [0.3, 0.4) is 0 Å². The van der Waals surface area contributed by atoms with Gasteiger partial charge in [0.1, 0.15) is 6.07 Å². The molecule has 4 nitrogen and oxygen atoms in total. The van der Waals surface area contributed by atoms with Crippen LogP contribution >= 0.6 is 11.8 Å². The van der Waals surface area contributed by atoms with Crippen LogP contribution < -0.4 is 5.32 Å². The Labute approximate surface area is 129 Å². The third-order valence-electron chi connectivity index (χ3n) is 2.50. The molecular formula is C14H13F3N2O2S. The van der Waals surface area contributed by atoms with E-state index in [2.05, 4.69) is 5.32 Å². The molecule has 8 heteroatoms. The van der Waals surface area contributed by atoms with E-state index in [9.17, 15) is 18.0 Å². The van der Waals surface area contributed by atoms with Crippen LogP contribution in [0.2, 0.25) is 0 Å². The van der Waals surface area contributed by atoms with Crippen molar-refractivity contribution in [3.63, 3.8) is 0 Å². The van der Waals surface area contributed by atoms with E-state index in [1.54, 1.807) is 13.0 Å². The Hall–Kier alpha value is -2.14. The highest BCUT2D eigenvalue weighted by molar-refractivity contribution is 8.02. The first kappa shape index (κ1) is 17.9. The third kappa shape index (κ3) is 4.43. The van der Waals surface area contributed by atoms with E-state index >= 15 is 0 Å². The van der Waals surface area contributed by atoms with Crippen molar-refractivity contribution in [3.8, 4) is 6.07 Å². The second kappa shape index (κ2) is 7.75. The summed E-state index contributed by atoms with van der Waals surface area (Å²) in [5.74, 6) is -0.883. The van der Waals surface area contributed by atoms with Crippen LogP contribution in [0.4, 0.5) is 18.9 Å². The molecule has 0 aromatic heterocycles. The van der Waals surface area contributed by atoms with Gasteiger partial charge < -0.3 is 10.1 Å². The van der Waals surface area contributed by atoms with Gasteiger partial charge in [0.2, 0.25) is 0 Å². The number of carbonyl (C=O) groups excluding carboxylic acids is 1. The molecule has 0 unspecified atom stereocenters. The summed E-state index contributed by atoms with van der Waals surface area (Å²) in [6, 6.07) is 6.47. The van der Waals surface area contributed by atoms with Crippen LogP contribution in [0.25, 0.3) is 0 Å². The number of carbonyl (C=O) groups is 1. The molecule has 1 aromatic carbocycles. The Morgan fingerprint density at radius 1 is 1.41 bits per heavy atom. The van der Waals surface area contributed by atoms with Gasteiger partial charge in [-0.05, 0) is 25.3 Å². The number of nitrogens with zero attached hydrogens (tertiary/aromatic N) is 1. The quantitative estimate of drug-likeness (QED) is 0.506. The minimum absolute atomic E-state index is 0.00218. The number of alkyl halides is 3. The molecule has 0 atom stereocenters. The minimum atomic E-state index is -4.55. The fourth-order valence-electron chi connectivity index (χ4n) is 1.57. The van der Waals surface area contributed by atoms with Crippen LogP contribution in [0.15, 0.2) is 34.9 Å². The SMILES string of the molecule is CCOC(=O)/C(C#N)=C(\Nc1ccccc1C(F)(F)F)SC. The molecule has 0 saturated heterocycles. The van der Waals surface area contributed by atoms with E-state index in [1.807, 2.05) is 0 Å². The number of hydrogen-bond acceptors (Lipinski definition) is 5. The van der Waals surface area contributed by atoms with Gasteiger partial charge in [-0.1, -0.05) is 12.1 Å². The maximum atomic E-state index is 12.9. The predicted molar refractivity (Wildman–Crippen MR) is 77.9 cm³/mol. The van der Waals surface area contributed by atoms with Crippen LogP contribution in [0.1, 0.15) is 12.5 Å². The van der Waals surface area contributed by atoms with E-state index in [1.165, 1.54) is 24.5 Å². The Balaban J connectivity index is 3.26. The van der Waals surface area contributed by atoms with Crippen molar-refractivity contribution >= 4 is 23.4 Å². The fraction of sp³-hybridized carbons (Fsp3) is 0.286. The largest absolute Gasteiger partial charge is 0.462 e. The van der Waals surface area contributed by atoms with Crippen molar-refractivity contribution in [3.05, 3.63) is 40.4 Å². The van der Waals surface area contributed by atoms with Crippen LogP contribution in [0.5, 0.6) is 0 Å². The van der Waals surface area contributed by atoms with Gasteiger partial charge in [0.25, 0.3) is 0 Å². The van der Waals surface area contributed by atoms with Gasteiger partial charge in [0.05, 0.1) is 22.9 Å². The molecule has 0 amide bonds. The number of thioether (sulfide) groups is 1. The number of nitriles is 1. The second-order valence-electron chi connectivity index (χ2n) is 3.91. The number of rotatable bonds is 5. The van der Waals surface area contributed by atoms with Crippen molar-refractivity contribution in [1.29, 1.82) is 5.26 Å². The molecule has 0 aliphatic carbocycles. The summed E-state index contributed by atoms with van der Waals surface area (Å²) in [6.07, 6.45) is -3.01. The summed E-state index contributed by atoms with van der Waals surface area (Å²) in [6.45, 7) is 1.63. The lowest BCUT2D eigenvalue weighted by atomic mass is 10.1. The van der Waals surface area contributed by atoms with Crippen molar-refractivity contribution < 1.29 is 22.7 Å². The molecule has 118 valence electrons. The smallest absolute Gasteiger partial charge is 0.418 e. The van der Waals surface area contributed by atoms with Gasteiger partial charge in [0.15, 0.2) is 5.57 Å². The normalized spacial score (nSPS) is 12.2. The fourth-order valence-corrected chi connectivity index (χ4v) is 2.11. The number of halogens is 3. The van der Waals surface area contributed by atoms with Gasteiger partial charge in [-0.25, -0.2) is 4.79 Å². The van der Waals surface area contributed by atoms with Gasteiger partial charge in [-0.15, -0.1) is 11.8 Å². The van der Waals surface area contributed by atoms with Crippen molar-refractivity contribution in [2.45, 2.75) is 13.1 Å². The monoisotopic (exact) mass is 330 g/mol. The number of benzene rings is 1. The molecule has 0 spiro atoms. The number of anilines is 1. The van der Waals surface area contributed by atoms with Crippen LogP contribution in [-0.2, 0) is 15.7 Å². The van der Waals surface area contributed by atoms with E-state index in [0.29, 0.717) is 0 Å². The topological polar surface area (TPSA) is 62.1 Å². The highest BCUT2D eigenvalue weighted by Gasteiger charge is 2.33. The average molecular weight is 330 g/mol. The average Bonchev–Trinajstić information content (AvgIpc) is 2.46. The number of ether oxygens (including phenoxy) is 1. The van der Waals surface area contributed by atoms with Crippen molar-refractivity contribution in [1.82, 2.24) is 0 Å². The molecule has 0 radical (unpaired) electrons. The maximum absolute atomic E-state index is 12.9. The molecular weight excluding hydrogens is 317 g/mol. The molecule has 0 saturated carbocycles.